The van der Waals surface area contributed by atoms with Gasteiger partial charge in [0.1, 0.15) is 17.6 Å². The number of benzene rings is 1. The molecule has 1 N–H and O–H groups in total. The second-order valence-electron chi connectivity index (χ2n) is 18.2. The topological polar surface area (TPSA) is 149 Å². The first-order valence-electron chi connectivity index (χ1n) is 20.1. The van der Waals surface area contributed by atoms with E-state index in [1.54, 1.807) is 25.1 Å². The summed E-state index contributed by atoms with van der Waals surface area (Å²) in [7, 11) is -2.34. The number of Topliss-reactive ketones (excluding diaryl/α,β-unsaturated/α-hetero) is 2. The number of nitrogens with zero attached hydrogens (tertiary/aromatic N) is 2. The number of carbonyl (C=O) groups excluding carboxylic acids is 4. The minimum absolute atomic E-state index is 0.0172. The Morgan fingerprint density at radius 1 is 1.09 bits per heavy atom. The van der Waals surface area contributed by atoms with Gasteiger partial charge in [0.2, 0.25) is 27.7 Å². The van der Waals surface area contributed by atoms with Crippen LogP contribution in [-0.4, -0.2) is 72.2 Å². The number of carbonyl (C=O) groups is 4. The Kier molecular flexibility index (Phi) is 11.6. The molecule has 0 radical (unpaired) electrons. The first kappa shape index (κ1) is 40.9. The maximum Gasteiger partial charge on any atom is 0.240 e. The molecular formula is C43H59N3O8S. The van der Waals surface area contributed by atoms with E-state index in [1.165, 1.54) is 0 Å². The second-order valence-corrected chi connectivity index (χ2v) is 20.4. The van der Waals surface area contributed by atoms with E-state index in [9.17, 15) is 22.8 Å². The molecule has 4 aliphatic rings. The molecule has 12 heteroatoms. The molecule has 300 valence electrons. The van der Waals surface area contributed by atoms with Crippen LogP contribution in [0.25, 0.3) is 10.8 Å². The Morgan fingerprint density at radius 2 is 1.84 bits per heavy atom. The van der Waals surface area contributed by atoms with E-state index in [4.69, 9.17) is 9.47 Å². The highest BCUT2D eigenvalue weighted by atomic mass is 32.2. The molecule has 11 nitrogen and oxygen atoms in total. The van der Waals surface area contributed by atoms with E-state index in [0.717, 1.165) is 30.0 Å². The number of allylic oxidation sites excluding steroid dienone is 2. The molecule has 1 aromatic carbocycles. The lowest BCUT2D eigenvalue weighted by Gasteiger charge is -2.33. The molecule has 1 aromatic heterocycles. The summed E-state index contributed by atoms with van der Waals surface area (Å²) < 4.78 is 40.0. The number of ether oxygens (including phenoxy) is 2. The number of nitrogens with one attached hydrogen (secondary N) is 1. The van der Waals surface area contributed by atoms with Gasteiger partial charge in [0.05, 0.1) is 29.9 Å². The number of methoxy groups -OCH3 is 1. The number of rotatable bonds is 10. The molecule has 6 rings (SSSR count). The number of ketones is 2. The van der Waals surface area contributed by atoms with E-state index in [2.05, 4.69) is 23.6 Å². The molecule has 1 saturated heterocycles. The van der Waals surface area contributed by atoms with Crippen molar-refractivity contribution >= 4 is 44.2 Å². The standard InChI is InChI=1S/C43H59N3O8S/c1-8-28-20-27(2)12-9-10-13-29-23-43(29,40(50)45-55(51,52)42(6)17-18-42)25-36(48)35-22-31(26-46(35)39(49)34(28)21-30(47)24-41(3,4)5)54-38-33-14-11-15-37(53-7)32(33)16-19-44-38/h10-11,13-16,19,27-29,31,34-35H,8-9,12,17-18,20-26H2,1-7H3,(H,45,50)/b13-10-/t27-,28+,29+,31+,34-,35-,43+/m0/s1. The molecular weight excluding hydrogens is 719 g/mol. The Balaban J connectivity index is 1.37. The van der Waals surface area contributed by atoms with Gasteiger partial charge in [-0.05, 0) is 86.8 Å². The molecule has 0 spiro atoms. The average molecular weight is 778 g/mol. The van der Waals surface area contributed by atoms with Crippen molar-refractivity contribution in [1.82, 2.24) is 14.6 Å². The minimum Gasteiger partial charge on any atom is -0.496 e. The number of aromatic nitrogens is 1. The van der Waals surface area contributed by atoms with E-state index >= 15 is 4.79 Å². The molecule has 2 aromatic rings. The van der Waals surface area contributed by atoms with Crippen LogP contribution in [-0.2, 0) is 29.2 Å². The summed E-state index contributed by atoms with van der Waals surface area (Å²) in [6.45, 7) is 12.0. The number of pyridine rings is 1. The highest BCUT2D eigenvalue weighted by Crippen LogP contribution is 2.58. The highest BCUT2D eigenvalue weighted by molar-refractivity contribution is 7.91. The quantitative estimate of drug-likeness (QED) is 0.253. The lowest BCUT2D eigenvalue weighted by molar-refractivity contribution is -0.145. The van der Waals surface area contributed by atoms with Crippen LogP contribution in [0.1, 0.15) is 112 Å². The second kappa shape index (κ2) is 15.6. The Bertz CT molecular complexity index is 1950. The van der Waals surface area contributed by atoms with Gasteiger partial charge in [0.25, 0.3) is 0 Å². The van der Waals surface area contributed by atoms with Gasteiger partial charge in [-0.1, -0.05) is 59.3 Å². The maximum atomic E-state index is 15.1. The third-order valence-corrected chi connectivity index (χ3v) is 14.7. The fraction of sp³-hybridized carbons (Fsp3) is 0.651. The Hall–Kier alpha value is -3.80. The van der Waals surface area contributed by atoms with Crippen molar-refractivity contribution in [2.75, 3.05) is 13.7 Å². The lowest BCUT2D eigenvalue weighted by Crippen LogP contribution is -2.48. The summed E-state index contributed by atoms with van der Waals surface area (Å²) >= 11 is 0. The van der Waals surface area contributed by atoms with Crippen molar-refractivity contribution in [1.29, 1.82) is 0 Å². The third-order valence-electron chi connectivity index (χ3n) is 12.5. The molecule has 3 fully saturated rings. The van der Waals surface area contributed by atoms with Crippen molar-refractivity contribution in [2.45, 2.75) is 129 Å². The van der Waals surface area contributed by atoms with Crippen LogP contribution in [0.4, 0.5) is 0 Å². The molecule has 2 saturated carbocycles. The Morgan fingerprint density at radius 3 is 2.51 bits per heavy atom. The number of hydrogen-bond donors (Lipinski definition) is 1. The molecule has 55 heavy (non-hydrogen) atoms. The fourth-order valence-electron chi connectivity index (χ4n) is 8.83. The zero-order valence-electron chi connectivity index (χ0n) is 33.6. The largest absolute Gasteiger partial charge is 0.496 e. The summed E-state index contributed by atoms with van der Waals surface area (Å²) in [5.74, 6) is -0.960. The van der Waals surface area contributed by atoms with Crippen molar-refractivity contribution in [3.8, 4) is 11.6 Å². The third kappa shape index (κ3) is 8.79. The summed E-state index contributed by atoms with van der Waals surface area (Å²) in [6, 6.07) is 6.49. The van der Waals surface area contributed by atoms with Crippen LogP contribution in [0, 0.1) is 34.5 Å². The predicted molar refractivity (Wildman–Crippen MR) is 211 cm³/mol. The van der Waals surface area contributed by atoms with Gasteiger partial charge in [0, 0.05) is 48.6 Å². The van der Waals surface area contributed by atoms with E-state index < -0.39 is 44.2 Å². The maximum absolute atomic E-state index is 15.1. The van der Waals surface area contributed by atoms with Crippen LogP contribution in [0.3, 0.4) is 0 Å². The molecule has 7 atom stereocenters. The van der Waals surface area contributed by atoms with Crippen LogP contribution in [0.15, 0.2) is 42.6 Å². The number of amides is 2. The minimum atomic E-state index is -3.94. The van der Waals surface area contributed by atoms with Crippen LogP contribution in [0.2, 0.25) is 0 Å². The number of fused-ring (bicyclic) bond motifs is 3. The molecule has 3 heterocycles. The predicted octanol–water partition coefficient (Wildman–Crippen LogP) is 6.97. The van der Waals surface area contributed by atoms with E-state index in [-0.39, 0.29) is 66.4 Å². The molecule has 2 amide bonds. The van der Waals surface area contributed by atoms with Crippen molar-refractivity contribution in [3.63, 3.8) is 0 Å². The fourth-order valence-corrected chi connectivity index (χ4v) is 10.2. The summed E-state index contributed by atoms with van der Waals surface area (Å²) in [4.78, 5) is 63.6. The Labute approximate surface area is 326 Å². The first-order valence-corrected chi connectivity index (χ1v) is 21.6. The van der Waals surface area contributed by atoms with Crippen molar-refractivity contribution in [3.05, 3.63) is 42.6 Å². The zero-order valence-corrected chi connectivity index (χ0v) is 34.4. The molecule has 0 unspecified atom stereocenters. The van der Waals surface area contributed by atoms with E-state index in [0.29, 0.717) is 43.7 Å². The van der Waals surface area contributed by atoms with Crippen LogP contribution < -0.4 is 14.2 Å². The smallest absolute Gasteiger partial charge is 0.240 e. The summed E-state index contributed by atoms with van der Waals surface area (Å²) in [6.07, 6.45) is 9.75. The highest BCUT2D eigenvalue weighted by Gasteiger charge is 2.62. The number of hydrogen-bond acceptors (Lipinski definition) is 9. The average Bonchev–Trinajstić information content (AvgIpc) is 4.00. The van der Waals surface area contributed by atoms with Gasteiger partial charge < -0.3 is 14.4 Å². The van der Waals surface area contributed by atoms with Gasteiger partial charge >= 0.3 is 0 Å². The molecule has 2 aliphatic carbocycles. The van der Waals surface area contributed by atoms with Gasteiger partial charge in [-0.15, -0.1) is 0 Å². The molecule has 2 aliphatic heterocycles. The lowest BCUT2D eigenvalue weighted by atomic mass is 9.77. The zero-order chi connectivity index (χ0) is 39.9. The van der Waals surface area contributed by atoms with Gasteiger partial charge in [-0.2, -0.15) is 0 Å². The summed E-state index contributed by atoms with van der Waals surface area (Å²) in [5, 5.41) is 1.53. The van der Waals surface area contributed by atoms with Crippen LogP contribution >= 0.6 is 0 Å². The SMILES string of the molecule is CC[C@@H]1C[C@@H](C)CC/C=C\[C@@H]2C[C@@]2(C(=O)NS(=O)(=O)C2(C)CC2)CC(=O)[C@@H]2C[C@@H](Oc3nccc4c(OC)cccc34)CN2C(=O)[C@H]1CC(=O)CC(C)(C)C. The van der Waals surface area contributed by atoms with Crippen molar-refractivity contribution < 1.29 is 37.1 Å². The van der Waals surface area contributed by atoms with Gasteiger partial charge in [-0.3, -0.25) is 23.9 Å². The monoisotopic (exact) mass is 777 g/mol. The summed E-state index contributed by atoms with van der Waals surface area (Å²) in [5.41, 5.74) is -1.49. The van der Waals surface area contributed by atoms with E-state index in [1.807, 2.05) is 57.2 Å². The normalized spacial score (nSPS) is 30.3. The molecule has 0 bridgehead atoms. The van der Waals surface area contributed by atoms with Crippen LogP contribution in [0.5, 0.6) is 11.6 Å². The number of sulfonamides is 1. The first-order chi connectivity index (χ1) is 25.9. The van der Waals surface area contributed by atoms with Gasteiger partial charge in [0.15, 0.2) is 5.78 Å². The van der Waals surface area contributed by atoms with Crippen molar-refractivity contribution in [2.24, 2.45) is 34.5 Å². The van der Waals surface area contributed by atoms with Gasteiger partial charge in [-0.25, -0.2) is 13.4 Å².